The standard InChI is InChI=1S/C25H27N3O4S/c1-15(2)27-24(29)18-7-11-23(26-14-18)22-13-19(8-6-16(22)3)28-25(30)21-10-9-20(12-17(21)4)33(5,31)32/h6-15H,1-5H3,(H,27,29)(H,28,30). The average Bonchev–Trinajstić information content (AvgIpc) is 2.74. The quantitative estimate of drug-likeness (QED) is 0.569. The first-order valence-electron chi connectivity index (χ1n) is 10.5. The maximum atomic E-state index is 12.8. The number of amides is 2. The van der Waals surface area contributed by atoms with Crippen molar-refractivity contribution in [1.29, 1.82) is 0 Å². The maximum Gasteiger partial charge on any atom is 0.255 e. The third-order valence-electron chi connectivity index (χ3n) is 5.09. The molecule has 8 heteroatoms. The van der Waals surface area contributed by atoms with Crippen LogP contribution < -0.4 is 10.6 Å². The van der Waals surface area contributed by atoms with E-state index < -0.39 is 9.84 Å². The maximum absolute atomic E-state index is 12.8. The van der Waals surface area contributed by atoms with Crippen molar-refractivity contribution in [2.75, 3.05) is 11.6 Å². The molecule has 0 radical (unpaired) electrons. The molecule has 172 valence electrons. The Bertz CT molecular complexity index is 1310. The van der Waals surface area contributed by atoms with Crippen LogP contribution in [0.4, 0.5) is 5.69 Å². The Labute approximate surface area is 194 Å². The first kappa shape index (κ1) is 24.1. The molecule has 0 atom stereocenters. The Kier molecular flexibility index (Phi) is 6.98. The number of benzene rings is 2. The summed E-state index contributed by atoms with van der Waals surface area (Å²) in [7, 11) is -3.35. The lowest BCUT2D eigenvalue weighted by molar-refractivity contribution is 0.0942. The van der Waals surface area contributed by atoms with Crippen LogP contribution in [0.2, 0.25) is 0 Å². The van der Waals surface area contributed by atoms with Crippen LogP contribution in [0.1, 0.15) is 45.7 Å². The molecule has 0 aliphatic rings. The second kappa shape index (κ2) is 9.54. The van der Waals surface area contributed by atoms with E-state index in [1.807, 2.05) is 32.9 Å². The van der Waals surface area contributed by atoms with Crippen LogP contribution in [-0.2, 0) is 9.84 Å². The number of pyridine rings is 1. The van der Waals surface area contributed by atoms with E-state index in [1.54, 1.807) is 25.1 Å². The number of hydrogen-bond donors (Lipinski definition) is 2. The molecule has 33 heavy (non-hydrogen) atoms. The highest BCUT2D eigenvalue weighted by Crippen LogP contribution is 2.26. The summed E-state index contributed by atoms with van der Waals surface area (Å²) in [5.74, 6) is -0.518. The fourth-order valence-corrected chi connectivity index (χ4v) is 4.03. The van der Waals surface area contributed by atoms with E-state index in [4.69, 9.17) is 0 Å². The molecule has 3 aromatic rings. The van der Waals surface area contributed by atoms with E-state index in [9.17, 15) is 18.0 Å². The second-order valence-corrected chi connectivity index (χ2v) is 10.3. The molecule has 1 aromatic heterocycles. The largest absolute Gasteiger partial charge is 0.350 e. The van der Waals surface area contributed by atoms with Crippen molar-refractivity contribution < 1.29 is 18.0 Å². The molecule has 0 aliphatic heterocycles. The van der Waals surface area contributed by atoms with E-state index in [2.05, 4.69) is 15.6 Å². The second-order valence-electron chi connectivity index (χ2n) is 8.29. The fraction of sp³-hybridized carbons (Fsp3) is 0.240. The van der Waals surface area contributed by atoms with Gasteiger partial charge in [-0.3, -0.25) is 14.6 Å². The van der Waals surface area contributed by atoms with Gasteiger partial charge in [0.15, 0.2) is 9.84 Å². The first-order chi connectivity index (χ1) is 15.5. The summed E-state index contributed by atoms with van der Waals surface area (Å²) in [4.78, 5) is 29.6. The van der Waals surface area contributed by atoms with E-state index in [0.717, 1.165) is 17.4 Å². The number of hydrogen-bond acceptors (Lipinski definition) is 5. The molecule has 7 nitrogen and oxygen atoms in total. The van der Waals surface area contributed by atoms with Crippen molar-refractivity contribution in [3.05, 3.63) is 77.0 Å². The molecule has 3 rings (SSSR count). The molecule has 0 spiro atoms. The number of aryl methyl sites for hydroxylation is 2. The molecule has 0 fully saturated rings. The Morgan fingerprint density at radius 1 is 0.909 bits per heavy atom. The monoisotopic (exact) mass is 465 g/mol. The smallest absolute Gasteiger partial charge is 0.255 e. The van der Waals surface area contributed by atoms with Crippen LogP contribution in [0.25, 0.3) is 11.3 Å². The SMILES string of the molecule is Cc1cc(S(C)(=O)=O)ccc1C(=O)Nc1ccc(C)c(-c2ccc(C(=O)NC(C)C)cn2)c1. The Morgan fingerprint density at radius 3 is 2.21 bits per heavy atom. The zero-order valence-corrected chi connectivity index (χ0v) is 20.1. The molecule has 2 N–H and O–H groups in total. The molecule has 0 saturated heterocycles. The normalized spacial score (nSPS) is 11.3. The number of nitrogens with one attached hydrogen (secondary N) is 2. The van der Waals surface area contributed by atoms with Crippen molar-refractivity contribution >= 4 is 27.3 Å². The highest BCUT2D eigenvalue weighted by Gasteiger charge is 2.15. The Hall–Kier alpha value is -3.52. The molecule has 0 bridgehead atoms. The summed E-state index contributed by atoms with van der Waals surface area (Å²) in [6.07, 6.45) is 2.66. The lowest BCUT2D eigenvalue weighted by atomic mass is 10.0. The van der Waals surface area contributed by atoms with Gasteiger partial charge in [0.05, 0.1) is 16.2 Å². The first-order valence-corrected chi connectivity index (χ1v) is 12.3. The van der Waals surface area contributed by atoms with E-state index >= 15 is 0 Å². The summed E-state index contributed by atoms with van der Waals surface area (Å²) in [5.41, 5.74) is 4.49. The van der Waals surface area contributed by atoms with Crippen LogP contribution in [0, 0.1) is 13.8 Å². The number of carbonyl (C=O) groups is 2. The van der Waals surface area contributed by atoms with E-state index in [-0.39, 0.29) is 22.8 Å². The number of aromatic nitrogens is 1. The minimum Gasteiger partial charge on any atom is -0.350 e. The van der Waals surface area contributed by atoms with Crippen molar-refractivity contribution in [2.24, 2.45) is 0 Å². The molecular weight excluding hydrogens is 438 g/mol. The third kappa shape index (κ3) is 5.84. The van der Waals surface area contributed by atoms with Gasteiger partial charge in [-0.1, -0.05) is 6.07 Å². The van der Waals surface area contributed by atoms with Gasteiger partial charge in [-0.25, -0.2) is 8.42 Å². The van der Waals surface area contributed by atoms with Crippen molar-refractivity contribution in [1.82, 2.24) is 10.3 Å². The van der Waals surface area contributed by atoms with Crippen molar-refractivity contribution in [2.45, 2.75) is 38.6 Å². The van der Waals surface area contributed by atoms with Crippen LogP contribution in [-0.4, -0.2) is 37.5 Å². The van der Waals surface area contributed by atoms with Gasteiger partial charge < -0.3 is 10.6 Å². The fourth-order valence-electron chi connectivity index (χ4n) is 3.33. The summed E-state index contributed by atoms with van der Waals surface area (Å²) in [6, 6.07) is 13.5. The van der Waals surface area contributed by atoms with Crippen LogP contribution in [0.15, 0.2) is 59.6 Å². The topological polar surface area (TPSA) is 105 Å². The zero-order valence-electron chi connectivity index (χ0n) is 19.3. The molecule has 2 aromatic carbocycles. The lowest BCUT2D eigenvalue weighted by Gasteiger charge is -2.12. The lowest BCUT2D eigenvalue weighted by Crippen LogP contribution is -2.30. The highest BCUT2D eigenvalue weighted by molar-refractivity contribution is 7.90. The van der Waals surface area contributed by atoms with Gasteiger partial charge in [0.1, 0.15) is 0 Å². The van der Waals surface area contributed by atoms with Crippen molar-refractivity contribution in [3.8, 4) is 11.3 Å². The van der Waals surface area contributed by atoms with Gasteiger partial charge >= 0.3 is 0 Å². The third-order valence-corrected chi connectivity index (χ3v) is 6.20. The Morgan fingerprint density at radius 2 is 1.64 bits per heavy atom. The molecule has 2 amide bonds. The predicted molar refractivity (Wildman–Crippen MR) is 129 cm³/mol. The van der Waals surface area contributed by atoms with Gasteiger partial charge in [0.25, 0.3) is 11.8 Å². The number of anilines is 1. The molecule has 0 saturated carbocycles. The summed E-state index contributed by atoms with van der Waals surface area (Å²) in [6.45, 7) is 7.43. The Balaban J connectivity index is 1.83. The van der Waals surface area contributed by atoms with Gasteiger partial charge in [0, 0.05) is 35.3 Å². The summed E-state index contributed by atoms with van der Waals surface area (Å²) >= 11 is 0. The van der Waals surface area contributed by atoms with Gasteiger partial charge in [-0.15, -0.1) is 0 Å². The summed E-state index contributed by atoms with van der Waals surface area (Å²) in [5, 5.41) is 5.70. The van der Waals surface area contributed by atoms with Crippen molar-refractivity contribution in [3.63, 3.8) is 0 Å². The van der Waals surface area contributed by atoms with Crippen LogP contribution in [0.5, 0.6) is 0 Å². The molecule has 0 unspecified atom stereocenters. The minimum atomic E-state index is -3.35. The van der Waals surface area contributed by atoms with Gasteiger partial charge in [-0.05, 0) is 81.3 Å². The number of rotatable bonds is 6. The van der Waals surface area contributed by atoms with Gasteiger partial charge in [-0.2, -0.15) is 0 Å². The summed E-state index contributed by atoms with van der Waals surface area (Å²) < 4.78 is 23.5. The van der Waals surface area contributed by atoms with E-state index in [0.29, 0.717) is 28.1 Å². The van der Waals surface area contributed by atoms with Crippen LogP contribution >= 0.6 is 0 Å². The minimum absolute atomic E-state index is 0.0333. The predicted octanol–water partition coefficient (Wildman–Crippen LogP) is 4.16. The van der Waals surface area contributed by atoms with Crippen LogP contribution in [0.3, 0.4) is 0 Å². The molecular formula is C25H27N3O4S. The molecule has 0 aliphatic carbocycles. The number of carbonyl (C=O) groups excluding carboxylic acids is 2. The van der Waals surface area contributed by atoms with Gasteiger partial charge in [0.2, 0.25) is 0 Å². The highest BCUT2D eigenvalue weighted by atomic mass is 32.2. The number of nitrogens with zero attached hydrogens (tertiary/aromatic N) is 1. The molecule has 1 heterocycles. The number of sulfone groups is 1. The van der Waals surface area contributed by atoms with E-state index in [1.165, 1.54) is 24.4 Å². The average molecular weight is 466 g/mol. The zero-order chi connectivity index (χ0) is 24.3.